The molecule has 0 saturated heterocycles. The predicted octanol–water partition coefficient (Wildman–Crippen LogP) is 0.631. The number of aryl methyl sites for hydroxylation is 2. The summed E-state index contributed by atoms with van der Waals surface area (Å²) in [7, 11) is 0. The van der Waals surface area contributed by atoms with Crippen molar-refractivity contribution in [3.05, 3.63) is 17.5 Å². The number of carbonyl (C=O) groups is 2. The SMILES string of the molecule is Nc1c(CCC(=O)O)c[nH]c1CCC(=O)O. The Bertz CT molecular complexity index is 362. The number of hydrogen-bond acceptors (Lipinski definition) is 3. The lowest BCUT2D eigenvalue weighted by Crippen LogP contribution is -2.02. The Morgan fingerprint density at radius 1 is 1.19 bits per heavy atom. The van der Waals surface area contributed by atoms with E-state index < -0.39 is 11.9 Å². The van der Waals surface area contributed by atoms with Crippen LogP contribution in [0.2, 0.25) is 0 Å². The maximum atomic E-state index is 10.4. The molecule has 0 atom stereocenters. The van der Waals surface area contributed by atoms with Gasteiger partial charge in [0.25, 0.3) is 0 Å². The van der Waals surface area contributed by atoms with Crippen molar-refractivity contribution in [1.29, 1.82) is 0 Å². The van der Waals surface area contributed by atoms with Crippen LogP contribution in [0.5, 0.6) is 0 Å². The molecule has 5 N–H and O–H groups in total. The molecule has 0 saturated carbocycles. The molecule has 0 aliphatic heterocycles. The number of aromatic amines is 1. The number of aromatic nitrogens is 1. The first-order valence-corrected chi connectivity index (χ1v) is 4.89. The number of nitrogens with one attached hydrogen (secondary N) is 1. The van der Waals surface area contributed by atoms with Crippen LogP contribution in [-0.4, -0.2) is 27.1 Å². The lowest BCUT2D eigenvalue weighted by Gasteiger charge is -1.99. The van der Waals surface area contributed by atoms with Gasteiger partial charge in [-0.15, -0.1) is 0 Å². The Morgan fingerprint density at radius 2 is 1.75 bits per heavy atom. The minimum Gasteiger partial charge on any atom is -0.481 e. The summed E-state index contributed by atoms with van der Waals surface area (Å²) in [6.45, 7) is 0. The largest absolute Gasteiger partial charge is 0.481 e. The van der Waals surface area contributed by atoms with Crippen LogP contribution in [0.1, 0.15) is 24.1 Å². The van der Waals surface area contributed by atoms with E-state index in [2.05, 4.69) is 4.98 Å². The number of hydrogen-bond donors (Lipinski definition) is 4. The normalized spacial score (nSPS) is 10.2. The average Bonchev–Trinajstić information content (AvgIpc) is 2.53. The van der Waals surface area contributed by atoms with Gasteiger partial charge in [0.15, 0.2) is 0 Å². The molecule has 0 aliphatic carbocycles. The summed E-state index contributed by atoms with van der Waals surface area (Å²) in [4.78, 5) is 23.6. The number of rotatable bonds is 6. The second kappa shape index (κ2) is 5.20. The Kier molecular flexibility index (Phi) is 3.93. The van der Waals surface area contributed by atoms with Crippen LogP contribution in [0.25, 0.3) is 0 Å². The Hall–Kier alpha value is -1.98. The van der Waals surface area contributed by atoms with Gasteiger partial charge in [-0.2, -0.15) is 0 Å². The van der Waals surface area contributed by atoms with Gasteiger partial charge in [0, 0.05) is 18.3 Å². The number of anilines is 1. The van der Waals surface area contributed by atoms with Gasteiger partial charge in [0.2, 0.25) is 0 Å². The molecule has 1 rings (SSSR count). The number of nitrogens with two attached hydrogens (primary N) is 1. The molecule has 0 bridgehead atoms. The third-order valence-corrected chi connectivity index (χ3v) is 2.29. The lowest BCUT2D eigenvalue weighted by molar-refractivity contribution is -0.138. The van der Waals surface area contributed by atoms with Crippen LogP contribution in [0.3, 0.4) is 0 Å². The van der Waals surface area contributed by atoms with Gasteiger partial charge in [-0.05, 0) is 18.4 Å². The molecule has 6 nitrogen and oxygen atoms in total. The van der Waals surface area contributed by atoms with E-state index in [-0.39, 0.29) is 12.8 Å². The third kappa shape index (κ3) is 3.30. The minimum atomic E-state index is -0.888. The quantitative estimate of drug-likeness (QED) is 0.567. The van der Waals surface area contributed by atoms with Gasteiger partial charge in [-0.3, -0.25) is 9.59 Å². The highest BCUT2D eigenvalue weighted by Crippen LogP contribution is 2.19. The first-order chi connectivity index (χ1) is 7.50. The van der Waals surface area contributed by atoms with Crippen molar-refractivity contribution >= 4 is 17.6 Å². The Morgan fingerprint density at radius 3 is 2.31 bits per heavy atom. The molecule has 1 aromatic heterocycles. The molecule has 0 unspecified atom stereocenters. The van der Waals surface area contributed by atoms with Crippen molar-refractivity contribution in [2.45, 2.75) is 25.7 Å². The average molecular weight is 226 g/mol. The van der Waals surface area contributed by atoms with Crippen LogP contribution in [-0.2, 0) is 22.4 Å². The minimum absolute atomic E-state index is 0.00306. The summed E-state index contributed by atoms with van der Waals surface area (Å²) in [6.07, 6.45) is 2.33. The smallest absolute Gasteiger partial charge is 0.303 e. The molecule has 0 spiro atoms. The van der Waals surface area contributed by atoms with Crippen LogP contribution < -0.4 is 5.73 Å². The summed E-state index contributed by atoms with van der Waals surface area (Å²) in [5, 5.41) is 17.0. The molecule has 0 amide bonds. The highest BCUT2D eigenvalue weighted by atomic mass is 16.4. The second-order valence-electron chi connectivity index (χ2n) is 3.49. The van der Waals surface area contributed by atoms with Gasteiger partial charge in [-0.1, -0.05) is 0 Å². The molecule has 6 heteroatoms. The molecule has 0 radical (unpaired) electrons. The fourth-order valence-electron chi connectivity index (χ4n) is 1.41. The number of nitrogen functional groups attached to an aromatic ring is 1. The highest BCUT2D eigenvalue weighted by molar-refractivity contribution is 5.69. The summed E-state index contributed by atoms with van der Waals surface area (Å²) < 4.78 is 0. The number of carboxylic acid groups (broad SMARTS) is 2. The Balaban J connectivity index is 2.61. The van der Waals surface area contributed by atoms with Crippen molar-refractivity contribution in [1.82, 2.24) is 4.98 Å². The van der Waals surface area contributed by atoms with Gasteiger partial charge in [0.05, 0.1) is 12.1 Å². The second-order valence-corrected chi connectivity index (χ2v) is 3.49. The number of carboxylic acids is 2. The van der Waals surface area contributed by atoms with E-state index in [1.807, 2.05) is 0 Å². The monoisotopic (exact) mass is 226 g/mol. The zero-order chi connectivity index (χ0) is 12.1. The van der Waals surface area contributed by atoms with E-state index >= 15 is 0 Å². The summed E-state index contributed by atoms with van der Waals surface area (Å²) in [6, 6.07) is 0. The molecule has 16 heavy (non-hydrogen) atoms. The highest BCUT2D eigenvalue weighted by Gasteiger charge is 2.10. The van der Waals surface area contributed by atoms with Crippen LogP contribution in [0.4, 0.5) is 5.69 Å². The van der Waals surface area contributed by atoms with Crippen molar-refractivity contribution in [3.8, 4) is 0 Å². The van der Waals surface area contributed by atoms with E-state index in [9.17, 15) is 9.59 Å². The van der Waals surface area contributed by atoms with E-state index in [1.54, 1.807) is 6.20 Å². The zero-order valence-corrected chi connectivity index (χ0v) is 8.69. The van der Waals surface area contributed by atoms with E-state index in [0.717, 1.165) is 5.56 Å². The predicted molar refractivity (Wildman–Crippen MR) is 57.1 cm³/mol. The number of aliphatic carboxylic acids is 2. The molecule has 0 aromatic carbocycles. The first kappa shape index (κ1) is 12.1. The zero-order valence-electron chi connectivity index (χ0n) is 8.69. The molecule has 1 aromatic rings. The van der Waals surface area contributed by atoms with E-state index in [4.69, 9.17) is 15.9 Å². The summed E-state index contributed by atoms with van der Waals surface area (Å²) >= 11 is 0. The lowest BCUT2D eigenvalue weighted by atomic mass is 10.1. The van der Waals surface area contributed by atoms with Crippen molar-refractivity contribution in [2.24, 2.45) is 0 Å². The van der Waals surface area contributed by atoms with Crippen molar-refractivity contribution in [3.63, 3.8) is 0 Å². The molecule has 1 heterocycles. The van der Waals surface area contributed by atoms with E-state index in [0.29, 0.717) is 24.2 Å². The molecule has 0 aliphatic rings. The topological polar surface area (TPSA) is 116 Å². The molecular weight excluding hydrogens is 212 g/mol. The first-order valence-electron chi connectivity index (χ1n) is 4.89. The van der Waals surface area contributed by atoms with Crippen LogP contribution in [0.15, 0.2) is 6.20 Å². The van der Waals surface area contributed by atoms with Crippen molar-refractivity contribution < 1.29 is 19.8 Å². The van der Waals surface area contributed by atoms with Gasteiger partial charge >= 0.3 is 11.9 Å². The summed E-state index contributed by atoms with van der Waals surface area (Å²) in [5.74, 6) is -1.77. The number of H-pyrrole nitrogens is 1. The van der Waals surface area contributed by atoms with Gasteiger partial charge in [0.1, 0.15) is 0 Å². The Labute approximate surface area is 92.1 Å². The fraction of sp³-hybridized carbons (Fsp3) is 0.400. The molecular formula is C10H14N2O4. The maximum absolute atomic E-state index is 10.4. The van der Waals surface area contributed by atoms with Crippen molar-refractivity contribution in [2.75, 3.05) is 5.73 Å². The summed E-state index contributed by atoms with van der Waals surface area (Å²) in [5.41, 5.74) is 7.61. The maximum Gasteiger partial charge on any atom is 0.303 e. The van der Waals surface area contributed by atoms with E-state index in [1.165, 1.54) is 0 Å². The van der Waals surface area contributed by atoms with Gasteiger partial charge < -0.3 is 20.9 Å². The standard InChI is InChI=1S/C10H14N2O4/c11-10-6(1-3-8(13)14)5-12-7(10)2-4-9(15)16/h5,12H,1-4,11H2,(H,13,14)(H,15,16). The van der Waals surface area contributed by atoms with Gasteiger partial charge in [-0.25, -0.2) is 0 Å². The molecule has 0 fully saturated rings. The molecule has 88 valence electrons. The van der Waals surface area contributed by atoms with Crippen LogP contribution in [0, 0.1) is 0 Å². The fourth-order valence-corrected chi connectivity index (χ4v) is 1.41. The van der Waals surface area contributed by atoms with Crippen LogP contribution >= 0.6 is 0 Å². The third-order valence-electron chi connectivity index (χ3n) is 2.29.